The van der Waals surface area contributed by atoms with Crippen molar-refractivity contribution in [1.29, 1.82) is 0 Å². The zero-order valence-electron chi connectivity index (χ0n) is 15.5. The summed E-state index contributed by atoms with van der Waals surface area (Å²) in [6.45, 7) is 1.97. The van der Waals surface area contributed by atoms with Gasteiger partial charge in [-0.2, -0.15) is 18.3 Å². The van der Waals surface area contributed by atoms with Gasteiger partial charge in [-0.25, -0.2) is 4.98 Å². The lowest BCUT2D eigenvalue weighted by Crippen LogP contribution is -2.51. The van der Waals surface area contributed by atoms with Gasteiger partial charge in [-0.3, -0.25) is 9.67 Å². The van der Waals surface area contributed by atoms with Crippen LogP contribution < -0.4 is 15.5 Å². The standard InChI is InChI=1S/C16H22F3N7S.HI/c1-20-15(21-7-14-24-13(10-27-14)16(17,18)19)23-11-4-3-5-26(8-11)12-6-22-25(2)9-12;/h6,9-11H,3-5,7-8H2,1-2H3,(H2,20,21,23);1H. The maximum atomic E-state index is 12.6. The Morgan fingerprint density at radius 1 is 1.43 bits per heavy atom. The number of alkyl halides is 3. The minimum atomic E-state index is -4.41. The van der Waals surface area contributed by atoms with E-state index in [0.717, 1.165) is 48.3 Å². The predicted molar refractivity (Wildman–Crippen MR) is 114 cm³/mol. The Hall–Kier alpha value is -1.57. The number of halogens is 4. The van der Waals surface area contributed by atoms with Crippen LogP contribution in [0.2, 0.25) is 0 Å². The minimum absolute atomic E-state index is 0. The number of hydrogen-bond acceptors (Lipinski definition) is 5. The third-order valence-corrected chi connectivity index (χ3v) is 5.14. The summed E-state index contributed by atoms with van der Waals surface area (Å²) >= 11 is 0.981. The Kier molecular flexibility index (Phi) is 7.92. The molecule has 0 saturated carbocycles. The van der Waals surface area contributed by atoms with Crippen molar-refractivity contribution in [3.8, 4) is 0 Å². The summed E-state index contributed by atoms with van der Waals surface area (Å²) in [4.78, 5) is 10.0. The first-order chi connectivity index (χ1) is 12.8. The van der Waals surface area contributed by atoms with E-state index in [1.807, 2.05) is 19.4 Å². The van der Waals surface area contributed by atoms with Gasteiger partial charge in [-0.05, 0) is 12.8 Å². The van der Waals surface area contributed by atoms with E-state index in [4.69, 9.17) is 0 Å². The lowest BCUT2D eigenvalue weighted by Gasteiger charge is -2.34. The largest absolute Gasteiger partial charge is 0.434 e. The summed E-state index contributed by atoms with van der Waals surface area (Å²) in [5.41, 5.74) is 0.223. The van der Waals surface area contributed by atoms with Gasteiger partial charge < -0.3 is 15.5 Å². The summed E-state index contributed by atoms with van der Waals surface area (Å²) in [6.07, 6.45) is 1.44. The van der Waals surface area contributed by atoms with Crippen LogP contribution in [0, 0.1) is 0 Å². The molecule has 3 heterocycles. The highest BCUT2D eigenvalue weighted by Crippen LogP contribution is 2.29. The maximum Gasteiger partial charge on any atom is 0.434 e. The highest BCUT2D eigenvalue weighted by molar-refractivity contribution is 14.0. The van der Waals surface area contributed by atoms with Gasteiger partial charge in [-0.1, -0.05) is 0 Å². The number of piperidine rings is 1. The summed E-state index contributed by atoms with van der Waals surface area (Å²) in [5.74, 6) is 0.553. The van der Waals surface area contributed by atoms with E-state index in [2.05, 4.69) is 30.6 Å². The summed E-state index contributed by atoms with van der Waals surface area (Å²) in [5, 5.41) is 12.0. The Morgan fingerprint density at radius 3 is 2.82 bits per heavy atom. The molecule has 1 saturated heterocycles. The number of hydrogen-bond donors (Lipinski definition) is 2. The second-order valence-corrected chi connectivity index (χ2v) is 7.29. The van der Waals surface area contributed by atoms with Crippen LogP contribution in [0.4, 0.5) is 18.9 Å². The van der Waals surface area contributed by atoms with Crippen molar-refractivity contribution in [1.82, 2.24) is 25.4 Å². The Balaban J connectivity index is 0.00000280. The van der Waals surface area contributed by atoms with Crippen molar-refractivity contribution >= 4 is 47.0 Å². The normalized spacial score (nSPS) is 18.0. The number of guanidine groups is 1. The van der Waals surface area contributed by atoms with E-state index < -0.39 is 11.9 Å². The zero-order chi connectivity index (χ0) is 19.4. The van der Waals surface area contributed by atoms with Crippen molar-refractivity contribution < 1.29 is 13.2 Å². The molecule has 0 bridgehead atoms. The van der Waals surface area contributed by atoms with Gasteiger partial charge in [-0.15, -0.1) is 35.3 Å². The van der Waals surface area contributed by atoms with Crippen molar-refractivity contribution in [2.45, 2.75) is 31.6 Å². The third kappa shape index (κ3) is 5.96. The van der Waals surface area contributed by atoms with Crippen LogP contribution in [-0.2, 0) is 19.8 Å². The van der Waals surface area contributed by atoms with Gasteiger partial charge in [0.15, 0.2) is 11.7 Å². The first-order valence-corrected chi connectivity index (χ1v) is 9.45. The smallest absolute Gasteiger partial charge is 0.367 e. The van der Waals surface area contributed by atoms with Gasteiger partial charge in [0, 0.05) is 44.8 Å². The molecule has 2 aromatic heterocycles. The third-order valence-electron chi connectivity index (χ3n) is 4.29. The summed E-state index contributed by atoms with van der Waals surface area (Å²) < 4.78 is 39.7. The van der Waals surface area contributed by atoms with E-state index in [-0.39, 0.29) is 36.6 Å². The molecule has 2 N–H and O–H groups in total. The van der Waals surface area contributed by atoms with Crippen molar-refractivity contribution in [3.63, 3.8) is 0 Å². The average Bonchev–Trinajstić information content (AvgIpc) is 3.27. The molecule has 0 aromatic carbocycles. The number of anilines is 1. The average molecular weight is 529 g/mol. The van der Waals surface area contributed by atoms with Crippen LogP contribution in [0.5, 0.6) is 0 Å². The van der Waals surface area contributed by atoms with Gasteiger partial charge in [0.25, 0.3) is 0 Å². The van der Waals surface area contributed by atoms with Crippen LogP contribution in [0.1, 0.15) is 23.5 Å². The zero-order valence-corrected chi connectivity index (χ0v) is 18.7. The molecular weight excluding hydrogens is 506 g/mol. The molecule has 12 heteroatoms. The Labute approximate surface area is 182 Å². The van der Waals surface area contributed by atoms with Gasteiger partial charge in [0.2, 0.25) is 0 Å². The van der Waals surface area contributed by atoms with Crippen molar-refractivity contribution in [3.05, 3.63) is 28.5 Å². The number of rotatable bonds is 4. The van der Waals surface area contributed by atoms with Crippen molar-refractivity contribution in [2.24, 2.45) is 12.0 Å². The van der Waals surface area contributed by atoms with Crippen LogP contribution in [-0.4, -0.2) is 46.9 Å². The number of aromatic nitrogens is 3. The highest BCUT2D eigenvalue weighted by Gasteiger charge is 2.33. The second-order valence-electron chi connectivity index (χ2n) is 6.35. The quantitative estimate of drug-likeness (QED) is 0.363. The van der Waals surface area contributed by atoms with Crippen LogP contribution in [0.25, 0.3) is 0 Å². The molecule has 1 aliphatic heterocycles. The molecule has 156 valence electrons. The molecule has 28 heavy (non-hydrogen) atoms. The molecule has 1 atom stereocenters. The van der Waals surface area contributed by atoms with Gasteiger partial charge in [0.05, 0.1) is 18.4 Å². The Bertz CT molecular complexity index is 789. The fourth-order valence-corrected chi connectivity index (χ4v) is 3.71. The second kappa shape index (κ2) is 9.76. The molecule has 0 spiro atoms. The number of nitrogens with one attached hydrogen (secondary N) is 2. The molecule has 7 nitrogen and oxygen atoms in total. The van der Waals surface area contributed by atoms with E-state index in [9.17, 15) is 13.2 Å². The van der Waals surface area contributed by atoms with E-state index in [0.29, 0.717) is 11.0 Å². The van der Waals surface area contributed by atoms with Crippen LogP contribution >= 0.6 is 35.3 Å². The van der Waals surface area contributed by atoms with Gasteiger partial charge >= 0.3 is 6.18 Å². The molecule has 1 fully saturated rings. The maximum absolute atomic E-state index is 12.6. The topological polar surface area (TPSA) is 70.4 Å². The fourth-order valence-electron chi connectivity index (χ4n) is 2.97. The van der Waals surface area contributed by atoms with E-state index in [1.54, 1.807) is 11.7 Å². The number of nitrogens with zero attached hydrogens (tertiary/aromatic N) is 5. The SMILES string of the molecule is CN=C(NCc1nc(C(F)(F)F)cs1)NC1CCCN(c2cnn(C)c2)C1.I. The monoisotopic (exact) mass is 529 g/mol. The van der Waals surface area contributed by atoms with E-state index in [1.165, 1.54) is 0 Å². The summed E-state index contributed by atoms with van der Waals surface area (Å²) in [7, 11) is 3.53. The van der Waals surface area contributed by atoms with E-state index >= 15 is 0 Å². The minimum Gasteiger partial charge on any atom is -0.367 e. The molecule has 0 radical (unpaired) electrons. The van der Waals surface area contributed by atoms with Crippen molar-refractivity contribution in [2.75, 3.05) is 25.0 Å². The predicted octanol–water partition coefficient (Wildman–Crippen LogP) is 2.85. The highest BCUT2D eigenvalue weighted by atomic mass is 127. The van der Waals surface area contributed by atoms with Crippen LogP contribution in [0.15, 0.2) is 22.8 Å². The Morgan fingerprint density at radius 2 is 2.21 bits per heavy atom. The number of aryl methyl sites for hydroxylation is 1. The molecule has 1 unspecified atom stereocenters. The number of thiazole rings is 1. The lowest BCUT2D eigenvalue weighted by atomic mass is 10.1. The van der Waals surface area contributed by atoms with Gasteiger partial charge in [0.1, 0.15) is 5.01 Å². The molecule has 0 aliphatic carbocycles. The lowest BCUT2D eigenvalue weighted by molar-refractivity contribution is -0.140. The first-order valence-electron chi connectivity index (χ1n) is 8.57. The summed E-state index contributed by atoms with van der Waals surface area (Å²) in [6, 6.07) is 0.187. The van der Waals surface area contributed by atoms with Crippen LogP contribution in [0.3, 0.4) is 0 Å². The fraction of sp³-hybridized carbons (Fsp3) is 0.562. The molecule has 1 aliphatic rings. The molecular formula is C16H23F3IN7S. The molecule has 0 amide bonds. The number of aliphatic imine (C=N–C) groups is 1. The molecule has 2 aromatic rings. The first kappa shape index (κ1) is 22.7. The molecule has 3 rings (SSSR count).